The summed E-state index contributed by atoms with van der Waals surface area (Å²) < 4.78 is 18.1. The smallest absolute Gasteiger partial charge is 0.410 e. The first-order valence-corrected chi connectivity index (χ1v) is 5.45. The summed E-state index contributed by atoms with van der Waals surface area (Å²) in [6.45, 7) is 1.78. The lowest BCUT2D eigenvalue weighted by Crippen LogP contribution is -2.17. The first-order chi connectivity index (χ1) is 8.65. The molecule has 2 aromatic carbocycles. The molecule has 0 aliphatic rings. The van der Waals surface area contributed by atoms with Crippen LogP contribution in [0.3, 0.4) is 0 Å². The molecule has 0 heterocycles. The predicted molar refractivity (Wildman–Crippen MR) is 67.2 cm³/mol. The second-order valence-electron chi connectivity index (χ2n) is 3.79. The maximum absolute atomic E-state index is 13.0. The number of hydrogen-bond donors (Lipinski definition) is 1. The summed E-state index contributed by atoms with van der Waals surface area (Å²) in [4.78, 5) is 11.6. The summed E-state index contributed by atoms with van der Waals surface area (Å²) in [7, 11) is 0. The minimum atomic E-state index is -0.644. The molecule has 0 radical (unpaired) electrons. The molecule has 2 aromatic rings. The summed E-state index contributed by atoms with van der Waals surface area (Å²) in [5.74, 6) is 0.0275. The Morgan fingerprint density at radius 2 is 1.89 bits per heavy atom. The number of halogens is 1. The van der Waals surface area contributed by atoms with Crippen molar-refractivity contribution in [3.05, 3.63) is 59.9 Å². The van der Waals surface area contributed by atoms with E-state index in [1.165, 1.54) is 12.1 Å². The van der Waals surface area contributed by atoms with Gasteiger partial charge in [-0.2, -0.15) is 0 Å². The molecule has 18 heavy (non-hydrogen) atoms. The average molecular weight is 245 g/mol. The maximum atomic E-state index is 13.0. The summed E-state index contributed by atoms with van der Waals surface area (Å²) in [6.07, 6.45) is -0.644. The fraction of sp³-hybridized carbons (Fsp3) is 0.0714. The van der Waals surface area contributed by atoms with Gasteiger partial charge in [0.05, 0.1) is 0 Å². The van der Waals surface area contributed by atoms with Crippen LogP contribution < -0.4 is 10.1 Å². The molecule has 2 rings (SSSR count). The first kappa shape index (κ1) is 12.1. The highest BCUT2D eigenvalue weighted by atomic mass is 19.1. The normalized spacial score (nSPS) is 9.89. The van der Waals surface area contributed by atoms with Crippen molar-refractivity contribution in [1.29, 1.82) is 0 Å². The SMILES string of the molecule is Cc1ccc(F)cc1NC(=O)Oc1ccccc1. The number of rotatable bonds is 2. The van der Waals surface area contributed by atoms with Crippen LogP contribution >= 0.6 is 0 Å². The van der Waals surface area contributed by atoms with Crippen LogP contribution in [0.5, 0.6) is 5.75 Å². The molecule has 1 amide bonds. The van der Waals surface area contributed by atoms with E-state index in [1.807, 2.05) is 6.07 Å². The van der Waals surface area contributed by atoms with Crippen molar-refractivity contribution in [2.24, 2.45) is 0 Å². The van der Waals surface area contributed by atoms with Gasteiger partial charge >= 0.3 is 6.09 Å². The Bertz CT molecular complexity index is 555. The number of para-hydroxylation sites is 1. The average Bonchev–Trinajstić information content (AvgIpc) is 2.35. The molecule has 0 spiro atoms. The van der Waals surface area contributed by atoms with E-state index in [2.05, 4.69) is 5.32 Å². The lowest BCUT2D eigenvalue weighted by Gasteiger charge is -2.08. The van der Waals surface area contributed by atoms with Gasteiger partial charge in [0.1, 0.15) is 11.6 Å². The number of ether oxygens (including phenoxy) is 1. The molecule has 0 saturated carbocycles. The van der Waals surface area contributed by atoms with Gasteiger partial charge in [-0.05, 0) is 36.8 Å². The van der Waals surface area contributed by atoms with Gasteiger partial charge in [-0.3, -0.25) is 5.32 Å². The van der Waals surface area contributed by atoms with Gasteiger partial charge in [0.2, 0.25) is 0 Å². The minimum Gasteiger partial charge on any atom is -0.410 e. The molecule has 0 aliphatic carbocycles. The number of anilines is 1. The van der Waals surface area contributed by atoms with Crippen LogP contribution in [0.25, 0.3) is 0 Å². The van der Waals surface area contributed by atoms with Gasteiger partial charge in [0.15, 0.2) is 0 Å². The summed E-state index contributed by atoms with van der Waals surface area (Å²) in [5.41, 5.74) is 1.16. The quantitative estimate of drug-likeness (QED) is 0.875. The van der Waals surface area contributed by atoms with Crippen LogP contribution in [0.2, 0.25) is 0 Å². The van der Waals surface area contributed by atoms with E-state index in [-0.39, 0.29) is 0 Å². The Morgan fingerprint density at radius 3 is 2.61 bits per heavy atom. The molecule has 0 fully saturated rings. The molecule has 0 atom stereocenters. The van der Waals surface area contributed by atoms with E-state index in [9.17, 15) is 9.18 Å². The number of hydrogen-bond acceptors (Lipinski definition) is 2. The van der Waals surface area contributed by atoms with Gasteiger partial charge in [-0.25, -0.2) is 9.18 Å². The zero-order valence-corrected chi connectivity index (χ0v) is 9.81. The van der Waals surface area contributed by atoms with E-state index < -0.39 is 11.9 Å². The van der Waals surface area contributed by atoms with Crippen LogP contribution in [0.4, 0.5) is 14.9 Å². The lowest BCUT2D eigenvalue weighted by atomic mass is 10.2. The second-order valence-corrected chi connectivity index (χ2v) is 3.79. The molecule has 0 bridgehead atoms. The third-order valence-corrected chi connectivity index (χ3v) is 2.39. The first-order valence-electron chi connectivity index (χ1n) is 5.45. The number of carbonyl (C=O) groups is 1. The van der Waals surface area contributed by atoms with Crippen LogP contribution in [0.1, 0.15) is 5.56 Å². The highest BCUT2D eigenvalue weighted by Gasteiger charge is 2.07. The van der Waals surface area contributed by atoms with Gasteiger partial charge in [-0.1, -0.05) is 24.3 Å². The second kappa shape index (κ2) is 5.31. The van der Waals surface area contributed by atoms with Crippen molar-refractivity contribution in [3.63, 3.8) is 0 Å². The van der Waals surface area contributed by atoms with Gasteiger partial charge in [0, 0.05) is 5.69 Å². The Labute approximate surface area is 104 Å². The highest BCUT2D eigenvalue weighted by molar-refractivity contribution is 5.87. The van der Waals surface area contributed by atoms with Crippen molar-refractivity contribution in [2.75, 3.05) is 5.32 Å². The zero-order chi connectivity index (χ0) is 13.0. The minimum absolute atomic E-state index is 0.399. The monoisotopic (exact) mass is 245 g/mol. The lowest BCUT2D eigenvalue weighted by molar-refractivity contribution is 0.215. The molecule has 0 unspecified atom stereocenters. The number of amides is 1. The summed E-state index contributed by atoms with van der Waals surface area (Å²) >= 11 is 0. The summed E-state index contributed by atoms with van der Waals surface area (Å²) in [5, 5.41) is 2.50. The van der Waals surface area contributed by atoms with Gasteiger partial charge in [-0.15, -0.1) is 0 Å². The van der Waals surface area contributed by atoms with E-state index >= 15 is 0 Å². The maximum Gasteiger partial charge on any atom is 0.417 e. The fourth-order valence-corrected chi connectivity index (χ4v) is 1.46. The highest BCUT2D eigenvalue weighted by Crippen LogP contribution is 2.17. The number of aryl methyl sites for hydroxylation is 1. The van der Waals surface area contributed by atoms with Crippen molar-refractivity contribution >= 4 is 11.8 Å². The predicted octanol–water partition coefficient (Wildman–Crippen LogP) is 3.75. The standard InChI is InChI=1S/C14H12FNO2/c1-10-7-8-11(15)9-13(10)16-14(17)18-12-5-3-2-4-6-12/h2-9H,1H3,(H,16,17). The largest absolute Gasteiger partial charge is 0.417 e. The molecule has 1 N–H and O–H groups in total. The molecule has 4 heteroatoms. The topological polar surface area (TPSA) is 38.3 Å². The molecular formula is C14H12FNO2. The Morgan fingerprint density at radius 1 is 1.17 bits per heavy atom. The van der Waals surface area contributed by atoms with Crippen LogP contribution in [0, 0.1) is 12.7 Å². The van der Waals surface area contributed by atoms with Crippen LogP contribution in [0.15, 0.2) is 48.5 Å². The Balaban J connectivity index is 2.05. The molecule has 0 aliphatic heterocycles. The van der Waals surface area contributed by atoms with Crippen molar-refractivity contribution in [3.8, 4) is 5.75 Å². The fourth-order valence-electron chi connectivity index (χ4n) is 1.46. The number of carbonyl (C=O) groups excluding carboxylic acids is 1. The van der Waals surface area contributed by atoms with Crippen molar-refractivity contribution in [2.45, 2.75) is 6.92 Å². The Kier molecular flexibility index (Phi) is 3.57. The Hall–Kier alpha value is -2.36. The third-order valence-electron chi connectivity index (χ3n) is 2.39. The van der Waals surface area contributed by atoms with E-state index in [0.717, 1.165) is 5.56 Å². The molecular weight excluding hydrogens is 233 g/mol. The number of benzene rings is 2. The van der Waals surface area contributed by atoms with Crippen molar-refractivity contribution in [1.82, 2.24) is 0 Å². The zero-order valence-electron chi connectivity index (χ0n) is 9.81. The van der Waals surface area contributed by atoms with Gasteiger partial charge in [0.25, 0.3) is 0 Å². The van der Waals surface area contributed by atoms with Crippen LogP contribution in [-0.4, -0.2) is 6.09 Å². The van der Waals surface area contributed by atoms with E-state index in [0.29, 0.717) is 11.4 Å². The molecule has 3 nitrogen and oxygen atoms in total. The number of nitrogens with one attached hydrogen (secondary N) is 1. The molecule has 0 saturated heterocycles. The van der Waals surface area contributed by atoms with Crippen molar-refractivity contribution < 1.29 is 13.9 Å². The molecule has 0 aromatic heterocycles. The van der Waals surface area contributed by atoms with Crippen LogP contribution in [-0.2, 0) is 0 Å². The third kappa shape index (κ3) is 3.07. The molecule has 92 valence electrons. The van der Waals surface area contributed by atoms with E-state index in [1.54, 1.807) is 37.3 Å². The summed E-state index contributed by atoms with van der Waals surface area (Å²) in [6, 6.07) is 12.8. The van der Waals surface area contributed by atoms with E-state index in [4.69, 9.17) is 4.74 Å². The van der Waals surface area contributed by atoms with Gasteiger partial charge < -0.3 is 4.74 Å².